The van der Waals surface area contributed by atoms with Crippen molar-refractivity contribution in [2.75, 3.05) is 19.8 Å². The number of nitrogens with one attached hydrogen (secondary N) is 2. The molecule has 1 aromatic carbocycles. The van der Waals surface area contributed by atoms with Gasteiger partial charge in [0, 0.05) is 18.8 Å². The lowest BCUT2D eigenvalue weighted by molar-refractivity contribution is -0.125. The maximum Gasteiger partial charge on any atom is 0.243 e. The molecule has 1 fully saturated rings. The lowest BCUT2D eigenvalue weighted by Crippen LogP contribution is -2.43. The summed E-state index contributed by atoms with van der Waals surface area (Å²) in [6.45, 7) is 2.19. The van der Waals surface area contributed by atoms with Crippen LogP contribution >= 0.6 is 0 Å². The summed E-state index contributed by atoms with van der Waals surface area (Å²) in [4.78, 5) is 14.3. The van der Waals surface area contributed by atoms with Crippen LogP contribution in [0.4, 0.5) is 4.39 Å². The molecule has 0 aromatic heterocycles. The minimum absolute atomic E-state index is 0.0714. The van der Waals surface area contributed by atoms with E-state index < -0.39 is 0 Å². The van der Waals surface area contributed by atoms with Crippen LogP contribution in [0.5, 0.6) is 0 Å². The minimum atomic E-state index is -0.233. The van der Waals surface area contributed by atoms with Gasteiger partial charge in [-0.25, -0.2) is 4.39 Å². The fourth-order valence-corrected chi connectivity index (χ4v) is 2.73. The summed E-state index contributed by atoms with van der Waals surface area (Å²) in [6, 6.07) is 6.32. The van der Waals surface area contributed by atoms with Gasteiger partial charge in [-0.2, -0.15) is 0 Å². The molecule has 0 bridgehead atoms. The Labute approximate surface area is 117 Å². The van der Waals surface area contributed by atoms with Crippen LogP contribution in [0.2, 0.25) is 0 Å². The van der Waals surface area contributed by atoms with Gasteiger partial charge in [-0.1, -0.05) is 18.2 Å². The van der Waals surface area contributed by atoms with Crippen molar-refractivity contribution in [3.63, 3.8) is 0 Å². The van der Waals surface area contributed by atoms with Crippen molar-refractivity contribution in [3.05, 3.63) is 47.4 Å². The summed E-state index contributed by atoms with van der Waals surface area (Å²) in [5, 5.41) is 6.20. The van der Waals surface area contributed by atoms with E-state index in [1.807, 2.05) is 0 Å². The van der Waals surface area contributed by atoms with E-state index in [0.717, 1.165) is 31.6 Å². The highest BCUT2D eigenvalue weighted by Crippen LogP contribution is 2.23. The number of halogens is 1. The van der Waals surface area contributed by atoms with Gasteiger partial charge in [-0.15, -0.1) is 0 Å². The average Bonchev–Trinajstić information content (AvgIpc) is 3.03. The van der Waals surface area contributed by atoms with E-state index in [4.69, 9.17) is 0 Å². The molecule has 0 saturated carbocycles. The lowest BCUT2D eigenvalue weighted by atomic mass is 10.1. The summed E-state index contributed by atoms with van der Waals surface area (Å²) in [7, 11) is 0. The first-order chi connectivity index (χ1) is 9.74. The lowest BCUT2D eigenvalue weighted by Gasteiger charge is -2.22. The van der Waals surface area contributed by atoms with Gasteiger partial charge >= 0.3 is 0 Å². The molecule has 1 aromatic rings. The molecule has 1 atom stereocenters. The molecule has 2 aliphatic heterocycles. The zero-order valence-corrected chi connectivity index (χ0v) is 11.2. The molecule has 1 amide bonds. The number of amides is 1. The number of fused-ring (bicyclic) bond motifs is 1. The largest absolute Gasteiger partial charge is 0.354 e. The maximum atomic E-state index is 12.8. The normalized spacial score (nSPS) is 20.8. The summed E-state index contributed by atoms with van der Waals surface area (Å²) < 4.78 is 12.8. The van der Waals surface area contributed by atoms with E-state index in [9.17, 15) is 9.18 Å². The van der Waals surface area contributed by atoms with Crippen LogP contribution in [0.3, 0.4) is 0 Å². The van der Waals surface area contributed by atoms with Crippen LogP contribution in [0, 0.1) is 5.82 Å². The van der Waals surface area contributed by atoms with Gasteiger partial charge in [-0.3, -0.25) is 10.1 Å². The fourth-order valence-electron chi connectivity index (χ4n) is 2.73. The van der Waals surface area contributed by atoms with Crippen molar-refractivity contribution in [2.24, 2.45) is 0 Å². The number of rotatable bonds is 4. The highest BCUT2D eigenvalue weighted by Gasteiger charge is 2.33. The van der Waals surface area contributed by atoms with E-state index >= 15 is 0 Å². The molecule has 106 valence electrons. The number of carbonyl (C=O) groups excluding carboxylic acids is 1. The molecular weight excluding hydrogens is 257 g/mol. The molecule has 20 heavy (non-hydrogen) atoms. The highest BCUT2D eigenvalue weighted by atomic mass is 19.1. The van der Waals surface area contributed by atoms with Crippen LogP contribution in [-0.4, -0.2) is 36.6 Å². The summed E-state index contributed by atoms with van der Waals surface area (Å²) in [5.74, 6) is -0.161. The highest BCUT2D eigenvalue weighted by molar-refractivity contribution is 5.82. The van der Waals surface area contributed by atoms with Crippen LogP contribution in [0.1, 0.15) is 12.0 Å². The Morgan fingerprint density at radius 2 is 2.20 bits per heavy atom. The number of hydrogen-bond acceptors (Lipinski definition) is 3. The van der Waals surface area contributed by atoms with Crippen LogP contribution in [0.15, 0.2) is 36.0 Å². The smallest absolute Gasteiger partial charge is 0.243 e. The molecule has 0 radical (unpaired) electrons. The third kappa shape index (κ3) is 2.67. The maximum absolute atomic E-state index is 12.8. The van der Waals surface area contributed by atoms with Crippen molar-refractivity contribution in [1.29, 1.82) is 0 Å². The van der Waals surface area contributed by atoms with Crippen molar-refractivity contribution in [3.8, 4) is 0 Å². The first kappa shape index (κ1) is 13.1. The Balaban J connectivity index is 1.47. The van der Waals surface area contributed by atoms with E-state index in [1.54, 1.807) is 12.1 Å². The first-order valence-electron chi connectivity index (χ1n) is 6.92. The van der Waals surface area contributed by atoms with E-state index in [1.165, 1.54) is 17.8 Å². The fraction of sp³-hybridized carbons (Fsp3) is 0.400. The van der Waals surface area contributed by atoms with Crippen molar-refractivity contribution < 1.29 is 9.18 Å². The van der Waals surface area contributed by atoms with Crippen LogP contribution < -0.4 is 10.6 Å². The first-order valence-corrected chi connectivity index (χ1v) is 6.92. The predicted molar refractivity (Wildman–Crippen MR) is 74.3 cm³/mol. The predicted octanol–water partition coefficient (Wildman–Crippen LogP) is 1.00. The minimum Gasteiger partial charge on any atom is -0.354 e. The molecule has 2 heterocycles. The Bertz CT molecular complexity index is 526. The molecule has 5 heteroatoms. The molecule has 3 rings (SSSR count). The van der Waals surface area contributed by atoms with Gasteiger partial charge in [0.15, 0.2) is 0 Å². The summed E-state index contributed by atoms with van der Waals surface area (Å²) >= 11 is 0. The standard InChI is InChI=1S/C15H18FN3O/c16-12-3-1-11(2-4-12)7-8-18-15(20)14-6-5-13-9-17-10-19(13)14/h1-5,14,17H,6-10H2,(H,18,20). The summed E-state index contributed by atoms with van der Waals surface area (Å²) in [6.07, 6.45) is 3.64. The Hall–Kier alpha value is -1.88. The van der Waals surface area contributed by atoms with Gasteiger partial charge in [0.1, 0.15) is 11.9 Å². The zero-order valence-electron chi connectivity index (χ0n) is 11.2. The molecule has 1 saturated heterocycles. The molecule has 0 spiro atoms. The number of hydrogen-bond donors (Lipinski definition) is 2. The molecule has 0 aliphatic carbocycles. The number of benzene rings is 1. The van der Waals surface area contributed by atoms with Crippen LogP contribution in [0.25, 0.3) is 0 Å². The van der Waals surface area contributed by atoms with E-state index in [0.29, 0.717) is 6.54 Å². The van der Waals surface area contributed by atoms with Crippen molar-refractivity contribution in [1.82, 2.24) is 15.5 Å². The molecular formula is C15H18FN3O. The quantitative estimate of drug-likeness (QED) is 0.862. The monoisotopic (exact) mass is 275 g/mol. The van der Waals surface area contributed by atoms with Gasteiger partial charge in [0.2, 0.25) is 5.91 Å². The van der Waals surface area contributed by atoms with Gasteiger partial charge < -0.3 is 10.2 Å². The summed E-state index contributed by atoms with van der Waals surface area (Å²) in [5.41, 5.74) is 2.25. The number of carbonyl (C=O) groups is 1. The van der Waals surface area contributed by atoms with Crippen LogP contribution in [-0.2, 0) is 11.2 Å². The second kappa shape index (κ2) is 5.63. The molecule has 4 nitrogen and oxygen atoms in total. The third-order valence-electron chi connectivity index (χ3n) is 3.84. The van der Waals surface area contributed by atoms with Gasteiger partial charge in [0.05, 0.1) is 6.67 Å². The second-order valence-electron chi connectivity index (χ2n) is 5.17. The Kier molecular flexibility index (Phi) is 3.69. The molecule has 2 aliphatic rings. The van der Waals surface area contributed by atoms with Crippen molar-refractivity contribution in [2.45, 2.75) is 18.9 Å². The van der Waals surface area contributed by atoms with E-state index in [2.05, 4.69) is 21.6 Å². The Morgan fingerprint density at radius 3 is 3.00 bits per heavy atom. The number of nitrogens with zero attached hydrogens (tertiary/aromatic N) is 1. The Morgan fingerprint density at radius 1 is 1.40 bits per heavy atom. The zero-order chi connectivity index (χ0) is 13.9. The second-order valence-corrected chi connectivity index (χ2v) is 5.17. The molecule has 1 unspecified atom stereocenters. The van der Waals surface area contributed by atoms with E-state index in [-0.39, 0.29) is 17.8 Å². The SMILES string of the molecule is O=C(NCCc1ccc(F)cc1)C1CC=C2CNCN21. The van der Waals surface area contributed by atoms with Gasteiger partial charge in [-0.05, 0) is 30.5 Å². The molecule has 2 N–H and O–H groups in total. The van der Waals surface area contributed by atoms with Gasteiger partial charge in [0.25, 0.3) is 0 Å². The topological polar surface area (TPSA) is 44.4 Å². The third-order valence-corrected chi connectivity index (χ3v) is 3.84. The average molecular weight is 275 g/mol. The van der Waals surface area contributed by atoms with Crippen molar-refractivity contribution >= 4 is 5.91 Å².